The van der Waals surface area contributed by atoms with Gasteiger partial charge in [0.05, 0.1) is 12.0 Å². The molecular formula is C13H19Cl2NO. The molecule has 0 aromatic rings. The Bertz CT molecular complexity index is 327. The number of hydrogen-bond donors (Lipinski definition) is 1. The number of allylic oxidation sites excluding steroid dienone is 3. The number of rotatable bonds is 4. The second kappa shape index (κ2) is 6.24. The fraction of sp³-hybridized carbons (Fsp3) is 0.692. The van der Waals surface area contributed by atoms with E-state index in [1.54, 1.807) is 0 Å². The Kier molecular flexibility index (Phi) is 4.92. The van der Waals surface area contributed by atoms with Gasteiger partial charge in [0.25, 0.3) is 0 Å². The molecule has 1 N–H and O–H groups in total. The summed E-state index contributed by atoms with van der Waals surface area (Å²) >= 11 is 12.2. The highest BCUT2D eigenvalue weighted by molar-refractivity contribution is 6.37. The van der Waals surface area contributed by atoms with Crippen LogP contribution in [0.2, 0.25) is 0 Å². The molecule has 4 heteroatoms. The average molecular weight is 276 g/mol. The monoisotopic (exact) mass is 275 g/mol. The lowest BCUT2D eigenvalue weighted by molar-refractivity contribution is 0.119. The van der Waals surface area contributed by atoms with Crippen LogP contribution >= 0.6 is 23.2 Å². The molecule has 1 heterocycles. The fourth-order valence-electron chi connectivity index (χ4n) is 2.57. The summed E-state index contributed by atoms with van der Waals surface area (Å²) in [6.07, 6.45) is 6.11. The number of halogens is 2. The zero-order valence-corrected chi connectivity index (χ0v) is 11.6. The number of nitrogens with one attached hydrogen (secondary N) is 1. The van der Waals surface area contributed by atoms with Crippen molar-refractivity contribution >= 4 is 23.2 Å². The summed E-state index contributed by atoms with van der Waals surface area (Å²) in [5.74, 6) is 0.545. The van der Waals surface area contributed by atoms with Gasteiger partial charge in [-0.2, -0.15) is 0 Å². The Morgan fingerprint density at radius 2 is 2.29 bits per heavy atom. The Balaban J connectivity index is 2.01. The molecule has 17 heavy (non-hydrogen) atoms. The molecule has 2 unspecified atom stereocenters. The summed E-state index contributed by atoms with van der Waals surface area (Å²) in [5, 5.41) is 4.20. The zero-order valence-electron chi connectivity index (χ0n) is 10.1. The smallest absolute Gasteiger partial charge is 0.0729 e. The fourth-order valence-corrected chi connectivity index (χ4v) is 2.96. The van der Waals surface area contributed by atoms with Crippen LogP contribution in [0, 0.1) is 5.92 Å². The highest BCUT2D eigenvalue weighted by Gasteiger charge is 2.31. The molecule has 2 aliphatic rings. The third-order valence-electron chi connectivity index (χ3n) is 3.50. The maximum Gasteiger partial charge on any atom is 0.0729 e. The Hall–Kier alpha value is -0.0200. The van der Waals surface area contributed by atoms with Gasteiger partial charge >= 0.3 is 0 Å². The van der Waals surface area contributed by atoms with Crippen molar-refractivity contribution in [2.75, 3.05) is 19.8 Å². The molecule has 0 aromatic carbocycles. The summed E-state index contributed by atoms with van der Waals surface area (Å²) < 4.78 is 5.52. The van der Waals surface area contributed by atoms with Gasteiger partial charge in [-0.3, -0.25) is 0 Å². The van der Waals surface area contributed by atoms with Crippen molar-refractivity contribution < 1.29 is 4.74 Å². The molecule has 1 aliphatic heterocycles. The summed E-state index contributed by atoms with van der Waals surface area (Å²) in [6, 6.07) is 0.426. The van der Waals surface area contributed by atoms with Crippen LogP contribution in [0.25, 0.3) is 0 Å². The van der Waals surface area contributed by atoms with E-state index in [0.717, 1.165) is 31.2 Å². The zero-order chi connectivity index (χ0) is 12.3. The predicted octanol–water partition coefficient (Wildman–Crippen LogP) is 3.06. The van der Waals surface area contributed by atoms with Crippen LogP contribution in [0.3, 0.4) is 0 Å². The number of ether oxygens (including phenoxy) is 1. The third-order valence-corrected chi connectivity index (χ3v) is 4.39. The van der Waals surface area contributed by atoms with Crippen LogP contribution in [-0.4, -0.2) is 31.2 Å². The molecule has 96 valence electrons. The topological polar surface area (TPSA) is 21.3 Å². The van der Waals surface area contributed by atoms with Crippen molar-refractivity contribution in [3.63, 3.8) is 0 Å². The van der Waals surface area contributed by atoms with E-state index in [9.17, 15) is 0 Å². The first-order chi connectivity index (χ1) is 8.22. The van der Waals surface area contributed by atoms with E-state index < -0.39 is 0 Å². The summed E-state index contributed by atoms with van der Waals surface area (Å²) in [5.41, 5.74) is 1.41. The van der Waals surface area contributed by atoms with Crippen LogP contribution < -0.4 is 5.32 Å². The van der Waals surface area contributed by atoms with Crippen molar-refractivity contribution in [3.05, 3.63) is 22.8 Å². The molecule has 1 saturated heterocycles. The molecule has 2 nitrogen and oxygen atoms in total. The molecule has 1 aliphatic carbocycles. The Morgan fingerprint density at radius 3 is 3.00 bits per heavy atom. The second-order valence-corrected chi connectivity index (χ2v) is 5.54. The SMILES string of the molecule is CCOCC1NCC[C@@H]1C1=CC=C(Cl)C(Cl)C1. The summed E-state index contributed by atoms with van der Waals surface area (Å²) in [6.45, 7) is 4.64. The standard InChI is InChI=1S/C13H19Cl2NO/c1-2-17-8-13-10(5-6-16-13)9-3-4-11(14)12(15)7-9/h3-4,10,12-13,16H,2,5-8H2,1H3/t10-,12?,13?/m1/s1. The van der Waals surface area contributed by atoms with E-state index in [4.69, 9.17) is 27.9 Å². The highest BCUT2D eigenvalue weighted by Crippen LogP contribution is 2.34. The van der Waals surface area contributed by atoms with Gasteiger partial charge < -0.3 is 10.1 Å². The van der Waals surface area contributed by atoms with E-state index in [1.165, 1.54) is 12.0 Å². The highest BCUT2D eigenvalue weighted by atomic mass is 35.5. The van der Waals surface area contributed by atoms with Crippen LogP contribution in [0.5, 0.6) is 0 Å². The molecule has 0 saturated carbocycles. The van der Waals surface area contributed by atoms with Crippen molar-refractivity contribution in [2.45, 2.75) is 31.2 Å². The largest absolute Gasteiger partial charge is 0.380 e. The minimum atomic E-state index is -0.0509. The van der Waals surface area contributed by atoms with Gasteiger partial charge in [-0.25, -0.2) is 0 Å². The molecule has 0 amide bonds. The van der Waals surface area contributed by atoms with E-state index in [-0.39, 0.29) is 5.38 Å². The summed E-state index contributed by atoms with van der Waals surface area (Å²) in [7, 11) is 0. The van der Waals surface area contributed by atoms with E-state index in [1.807, 2.05) is 13.0 Å². The van der Waals surface area contributed by atoms with Crippen molar-refractivity contribution in [3.8, 4) is 0 Å². The third kappa shape index (κ3) is 3.25. The number of hydrogen-bond acceptors (Lipinski definition) is 2. The van der Waals surface area contributed by atoms with Crippen molar-refractivity contribution in [1.29, 1.82) is 0 Å². The van der Waals surface area contributed by atoms with Gasteiger partial charge in [0.1, 0.15) is 0 Å². The molecular weight excluding hydrogens is 257 g/mol. The molecule has 0 radical (unpaired) electrons. The van der Waals surface area contributed by atoms with Crippen LogP contribution in [0.4, 0.5) is 0 Å². The molecule has 0 spiro atoms. The lowest BCUT2D eigenvalue weighted by atomic mass is 9.86. The quantitative estimate of drug-likeness (QED) is 0.797. The minimum absolute atomic E-state index is 0.0509. The molecule has 0 aromatic heterocycles. The van der Waals surface area contributed by atoms with Crippen molar-refractivity contribution in [2.24, 2.45) is 5.92 Å². The van der Waals surface area contributed by atoms with Gasteiger partial charge in [0, 0.05) is 17.7 Å². The van der Waals surface area contributed by atoms with E-state index in [2.05, 4.69) is 11.4 Å². The summed E-state index contributed by atoms with van der Waals surface area (Å²) in [4.78, 5) is 0. The van der Waals surface area contributed by atoms with Crippen molar-refractivity contribution in [1.82, 2.24) is 5.32 Å². The average Bonchev–Trinajstić information content (AvgIpc) is 2.78. The van der Waals surface area contributed by atoms with Gasteiger partial charge in [0.15, 0.2) is 0 Å². The predicted molar refractivity (Wildman–Crippen MR) is 72.7 cm³/mol. The normalized spacial score (nSPS) is 33.5. The molecule has 1 fully saturated rings. The van der Waals surface area contributed by atoms with Crippen LogP contribution in [0.1, 0.15) is 19.8 Å². The lowest BCUT2D eigenvalue weighted by Gasteiger charge is -2.25. The first-order valence-electron chi connectivity index (χ1n) is 6.23. The van der Waals surface area contributed by atoms with Crippen LogP contribution in [-0.2, 0) is 4.74 Å². The molecule has 3 atom stereocenters. The Labute approximate surface area is 113 Å². The first-order valence-corrected chi connectivity index (χ1v) is 7.05. The number of alkyl halides is 1. The molecule has 0 bridgehead atoms. The van der Waals surface area contributed by atoms with Crippen LogP contribution in [0.15, 0.2) is 22.8 Å². The van der Waals surface area contributed by atoms with Gasteiger partial charge in [-0.05, 0) is 38.3 Å². The van der Waals surface area contributed by atoms with E-state index >= 15 is 0 Å². The molecule has 2 rings (SSSR count). The minimum Gasteiger partial charge on any atom is -0.380 e. The van der Waals surface area contributed by atoms with E-state index in [0.29, 0.717) is 12.0 Å². The second-order valence-electron chi connectivity index (χ2n) is 4.58. The first kappa shape index (κ1) is 13.4. The van der Waals surface area contributed by atoms with Gasteiger partial charge in [-0.15, -0.1) is 11.6 Å². The van der Waals surface area contributed by atoms with Gasteiger partial charge in [-0.1, -0.05) is 23.3 Å². The lowest BCUT2D eigenvalue weighted by Crippen LogP contribution is -2.33. The van der Waals surface area contributed by atoms with Gasteiger partial charge in [0.2, 0.25) is 0 Å². The maximum atomic E-state index is 6.20. The maximum absolute atomic E-state index is 6.20. The Morgan fingerprint density at radius 1 is 1.47 bits per heavy atom.